The summed E-state index contributed by atoms with van der Waals surface area (Å²) in [5, 5.41) is 2.91. The molecule has 2 aromatic carbocycles. The Kier molecular flexibility index (Phi) is 7.47. The van der Waals surface area contributed by atoms with Crippen molar-refractivity contribution in [2.24, 2.45) is 0 Å². The van der Waals surface area contributed by atoms with Gasteiger partial charge in [-0.3, -0.25) is 14.5 Å². The van der Waals surface area contributed by atoms with Crippen molar-refractivity contribution in [2.45, 2.75) is 57.5 Å². The van der Waals surface area contributed by atoms with Crippen LogP contribution in [-0.4, -0.2) is 56.8 Å². The molecule has 1 atom stereocenters. The van der Waals surface area contributed by atoms with Crippen LogP contribution >= 0.6 is 0 Å². The van der Waals surface area contributed by atoms with Crippen LogP contribution < -0.4 is 15.1 Å². The molecule has 0 aromatic heterocycles. The van der Waals surface area contributed by atoms with Crippen molar-refractivity contribution >= 4 is 33.2 Å². The number of fused-ring (bicyclic) bond motifs is 3. The predicted octanol–water partition coefficient (Wildman–Crippen LogP) is 3.05. The molecule has 35 heavy (non-hydrogen) atoms. The van der Waals surface area contributed by atoms with Crippen molar-refractivity contribution in [2.75, 3.05) is 36.0 Å². The van der Waals surface area contributed by atoms with Crippen LogP contribution in [0.4, 0.5) is 11.4 Å². The van der Waals surface area contributed by atoms with Crippen LogP contribution in [0.3, 0.4) is 0 Å². The van der Waals surface area contributed by atoms with Gasteiger partial charge in [-0.05, 0) is 49.9 Å². The first kappa shape index (κ1) is 25.2. The van der Waals surface area contributed by atoms with Gasteiger partial charge in [0.25, 0.3) is 0 Å². The SMILES string of the molecule is CCN(CC)S(=O)(=O)c1ccc2c(c1)N(CC(=O)NCc1cccc(C)c1)C(=O)[C@H]1CCCCN21. The van der Waals surface area contributed by atoms with E-state index >= 15 is 0 Å². The number of hydrogen-bond acceptors (Lipinski definition) is 5. The van der Waals surface area contributed by atoms with Crippen molar-refractivity contribution in [3.63, 3.8) is 0 Å². The number of nitrogens with one attached hydrogen (secondary N) is 1. The summed E-state index contributed by atoms with van der Waals surface area (Å²) >= 11 is 0. The average molecular weight is 499 g/mol. The lowest BCUT2D eigenvalue weighted by Crippen LogP contribution is -2.57. The van der Waals surface area contributed by atoms with Crippen molar-refractivity contribution < 1.29 is 18.0 Å². The van der Waals surface area contributed by atoms with Crippen molar-refractivity contribution in [3.05, 3.63) is 53.6 Å². The molecule has 2 aliphatic heterocycles. The van der Waals surface area contributed by atoms with Crippen LogP contribution in [-0.2, 0) is 26.2 Å². The molecule has 0 aliphatic carbocycles. The summed E-state index contributed by atoms with van der Waals surface area (Å²) < 4.78 is 27.8. The number of sulfonamides is 1. The van der Waals surface area contributed by atoms with Crippen LogP contribution in [0.2, 0.25) is 0 Å². The third kappa shape index (κ3) is 5.06. The van der Waals surface area contributed by atoms with E-state index in [1.54, 1.807) is 32.0 Å². The summed E-state index contributed by atoms with van der Waals surface area (Å²) in [6, 6.07) is 12.5. The molecule has 0 spiro atoms. The highest BCUT2D eigenvalue weighted by atomic mass is 32.2. The highest BCUT2D eigenvalue weighted by molar-refractivity contribution is 7.89. The fourth-order valence-electron chi connectivity index (χ4n) is 5.00. The van der Waals surface area contributed by atoms with Gasteiger partial charge in [0.05, 0.1) is 16.3 Å². The largest absolute Gasteiger partial charge is 0.358 e. The fraction of sp³-hybridized carbons (Fsp3) is 0.462. The van der Waals surface area contributed by atoms with E-state index in [4.69, 9.17) is 0 Å². The second-order valence-electron chi connectivity index (χ2n) is 9.13. The number of aryl methyl sites for hydroxylation is 1. The molecule has 2 aliphatic rings. The molecule has 4 rings (SSSR count). The Morgan fingerprint density at radius 3 is 2.57 bits per heavy atom. The van der Waals surface area contributed by atoms with E-state index in [1.807, 2.05) is 31.2 Å². The molecular formula is C26H34N4O4S. The van der Waals surface area contributed by atoms with Gasteiger partial charge in [0.15, 0.2) is 0 Å². The Morgan fingerprint density at radius 1 is 1.09 bits per heavy atom. The van der Waals surface area contributed by atoms with Gasteiger partial charge in [-0.15, -0.1) is 0 Å². The molecule has 0 saturated carbocycles. The van der Waals surface area contributed by atoms with Gasteiger partial charge in [-0.25, -0.2) is 8.42 Å². The number of carbonyl (C=O) groups is 2. The maximum absolute atomic E-state index is 13.5. The van der Waals surface area contributed by atoms with E-state index in [-0.39, 0.29) is 29.3 Å². The minimum absolute atomic E-state index is 0.133. The van der Waals surface area contributed by atoms with Gasteiger partial charge >= 0.3 is 0 Å². The number of hydrogen-bond donors (Lipinski definition) is 1. The zero-order valence-electron chi connectivity index (χ0n) is 20.7. The number of nitrogens with zero attached hydrogens (tertiary/aromatic N) is 3. The number of carbonyl (C=O) groups excluding carboxylic acids is 2. The third-order valence-corrected chi connectivity index (χ3v) is 8.86. The van der Waals surface area contributed by atoms with Gasteiger partial charge in [-0.2, -0.15) is 4.31 Å². The maximum atomic E-state index is 13.5. The van der Waals surface area contributed by atoms with Gasteiger partial charge in [-0.1, -0.05) is 43.7 Å². The second-order valence-corrected chi connectivity index (χ2v) is 11.1. The standard InChI is InChI=1S/C26H34N4O4S/c1-4-28(5-2)35(33,34)21-12-13-22-24(16-21)30(26(32)23-11-6-7-14-29(22)23)18-25(31)27-17-20-10-8-9-19(3)15-20/h8-10,12-13,15-16,23H,4-7,11,14,17-18H2,1-3H3,(H,27,31)/t23-/m1/s1. The van der Waals surface area contributed by atoms with Gasteiger partial charge in [0.1, 0.15) is 12.6 Å². The first-order chi connectivity index (χ1) is 16.8. The maximum Gasteiger partial charge on any atom is 0.250 e. The highest BCUT2D eigenvalue weighted by Gasteiger charge is 2.40. The summed E-state index contributed by atoms with van der Waals surface area (Å²) in [5.41, 5.74) is 3.37. The minimum atomic E-state index is -3.71. The van der Waals surface area contributed by atoms with Crippen LogP contribution in [0.25, 0.3) is 0 Å². The van der Waals surface area contributed by atoms with Gasteiger partial charge < -0.3 is 10.2 Å². The van der Waals surface area contributed by atoms with Crippen molar-refractivity contribution in [1.82, 2.24) is 9.62 Å². The number of amides is 2. The molecule has 1 saturated heterocycles. The Hall–Kier alpha value is -2.91. The van der Waals surface area contributed by atoms with Crippen LogP contribution in [0.1, 0.15) is 44.2 Å². The predicted molar refractivity (Wildman–Crippen MR) is 137 cm³/mol. The lowest BCUT2D eigenvalue weighted by Gasteiger charge is -2.45. The van der Waals surface area contributed by atoms with E-state index in [2.05, 4.69) is 10.2 Å². The number of benzene rings is 2. The average Bonchev–Trinajstić information content (AvgIpc) is 2.85. The molecule has 188 valence electrons. The van der Waals surface area contributed by atoms with Crippen LogP contribution in [0.5, 0.6) is 0 Å². The Morgan fingerprint density at radius 2 is 1.86 bits per heavy atom. The number of rotatable bonds is 8. The quantitative estimate of drug-likeness (QED) is 0.604. The summed E-state index contributed by atoms with van der Waals surface area (Å²) in [7, 11) is -3.71. The third-order valence-electron chi connectivity index (χ3n) is 6.82. The highest BCUT2D eigenvalue weighted by Crippen LogP contribution is 2.41. The molecule has 2 heterocycles. The molecule has 8 nitrogen and oxygen atoms in total. The normalized spacial score (nSPS) is 17.8. The molecule has 1 N–H and O–H groups in total. The lowest BCUT2D eigenvalue weighted by molar-refractivity contribution is -0.125. The molecule has 2 amide bonds. The molecule has 9 heteroatoms. The molecule has 2 aromatic rings. The monoisotopic (exact) mass is 498 g/mol. The topological polar surface area (TPSA) is 90.0 Å². The Balaban J connectivity index is 1.65. The molecule has 1 fully saturated rings. The fourth-order valence-corrected chi connectivity index (χ4v) is 6.47. The van der Waals surface area contributed by atoms with E-state index in [0.717, 1.165) is 42.6 Å². The summed E-state index contributed by atoms with van der Waals surface area (Å²) in [4.78, 5) is 30.1. The van der Waals surface area contributed by atoms with E-state index in [0.29, 0.717) is 25.3 Å². The van der Waals surface area contributed by atoms with Crippen LogP contribution in [0, 0.1) is 6.92 Å². The van der Waals surface area contributed by atoms with Crippen molar-refractivity contribution in [1.29, 1.82) is 0 Å². The Bertz CT molecular complexity index is 1210. The smallest absolute Gasteiger partial charge is 0.250 e. The molecule has 0 radical (unpaired) electrons. The van der Waals surface area contributed by atoms with E-state index < -0.39 is 10.0 Å². The van der Waals surface area contributed by atoms with Crippen molar-refractivity contribution in [3.8, 4) is 0 Å². The molecule has 0 unspecified atom stereocenters. The first-order valence-electron chi connectivity index (χ1n) is 12.3. The molecular weight excluding hydrogens is 464 g/mol. The van der Waals surface area contributed by atoms with Gasteiger partial charge in [0.2, 0.25) is 21.8 Å². The van der Waals surface area contributed by atoms with E-state index in [1.165, 1.54) is 9.21 Å². The number of anilines is 2. The first-order valence-corrected chi connectivity index (χ1v) is 13.7. The zero-order valence-corrected chi connectivity index (χ0v) is 21.5. The van der Waals surface area contributed by atoms with Gasteiger partial charge in [0, 0.05) is 26.2 Å². The lowest BCUT2D eigenvalue weighted by atomic mass is 9.96. The summed E-state index contributed by atoms with van der Waals surface area (Å²) in [6.07, 6.45) is 2.64. The summed E-state index contributed by atoms with van der Waals surface area (Å²) in [5.74, 6) is -0.438. The van der Waals surface area contributed by atoms with Crippen LogP contribution in [0.15, 0.2) is 47.4 Å². The minimum Gasteiger partial charge on any atom is -0.358 e. The number of piperidine rings is 1. The Labute approximate surface area is 207 Å². The summed E-state index contributed by atoms with van der Waals surface area (Å²) in [6.45, 7) is 7.24. The molecule has 0 bridgehead atoms. The van der Waals surface area contributed by atoms with E-state index in [9.17, 15) is 18.0 Å². The second kappa shape index (κ2) is 10.4. The zero-order chi connectivity index (χ0) is 25.2.